The van der Waals surface area contributed by atoms with Crippen LogP contribution in [0.4, 0.5) is 11.4 Å². The third kappa shape index (κ3) is 3.86. The lowest BCUT2D eigenvalue weighted by Gasteiger charge is -2.34. The maximum absolute atomic E-state index is 13.3. The number of fused-ring (bicyclic) bond motifs is 1. The van der Waals surface area contributed by atoms with E-state index in [1.165, 1.54) is 16.4 Å². The lowest BCUT2D eigenvalue weighted by molar-refractivity contribution is -0.122. The molecule has 3 aromatic rings. The quantitative estimate of drug-likeness (QED) is 0.655. The molecule has 8 heteroatoms. The zero-order chi connectivity index (χ0) is 21.3. The molecule has 0 saturated heterocycles. The van der Waals surface area contributed by atoms with Gasteiger partial charge in [0.05, 0.1) is 17.1 Å². The van der Waals surface area contributed by atoms with Gasteiger partial charge in [-0.25, -0.2) is 8.42 Å². The average Bonchev–Trinajstić information content (AvgIpc) is 2.75. The van der Waals surface area contributed by atoms with E-state index in [4.69, 9.17) is 16.3 Å². The predicted octanol–water partition coefficient (Wildman–Crippen LogP) is 4.24. The van der Waals surface area contributed by atoms with Gasteiger partial charge in [-0.05, 0) is 55.0 Å². The zero-order valence-electron chi connectivity index (χ0n) is 16.1. The summed E-state index contributed by atoms with van der Waals surface area (Å²) in [5.41, 5.74) is 1.78. The molecule has 0 spiro atoms. The molecule has 0 aliphatic carbocycles. The van der Waals surface area contributed by atoms with E-state index in [2.05, 4.69) is 5.32 Å². The average molecular weight is 443 g/mol. The van der Waals surface area contributed by atoms with Gasteiger partial charge in [0.1, 0.15) is 5.75 Å². The molecule has 1 atom stereocenters. The van der Waals surface area contributed by atoms with Crippen molar-refractivity contribution in [3.8, 4) is 5.75 Å². The number of halogens is 1. The van der Waals surface area contributed by atoms with E-state index in [0.717, 1.165) is 5.56 Å². The summed E-state index contributed by atoms with van der Waals surface area (Å²) in [6, 6.07) is 20.0. The highest BCUT2D eigenvalue weighted by Crippen LogP contribution is 2.37. The summed E-state index contributed by atoms with van der Waals surface area (Å²) < 4.78 is 33.7. The first kappa shape index (κ1) is 20.3. The standard InChI is InChI=1S/C22H19ClN2O4S/c1-15-13-16(23)11-12-18(15)24-22(26)21-14-25(19-9-5-6-10-20(19)29-21)30(27,28)17-7-3-2-4-8-17/h2-13,21H,14H2,1H3,(H,24,26)/t21-/m0/s1. The fourth-order valence-corrected chi connectivity index (χ4v) is 4.99. The molecule has 3 aromatic carbocycles. The maximum atomic E-state index is 13.3. The van der Waals surface area contributed by atoms with E-state index in [1.807, 2.05) is 6.92 Å². The minimum Gasteiger partial charge on any atom is -0.476 e. The number of carbonyl (C=O) groups excluding carboxylic acids is 1. The van der Waals surface area contributed by atoms with Crippen molar-refractivity contribution in [2.75, 3.05) is 16.2 Å². The van der Waals surface area contributed by atoms with Gasteiger partial charge in [-0.3, -0.25) is 9.10 Å². The van der Waals surface area contributed by atoms with Crippen LogP contribution in [-0.4, -0.2) is 27.0 Å². The number of aryl methyl sites for hydroxylation is 1. The van der Waals surface area contributed by atoms with Crippen LogP contribution in [0.1, 0.15) is 5.56 Å². The van der Waals surface area contributed by atoms with Gasteiger partial charge in [0.15, 0.2) is 6.10 Å². The Morgan fingerprint density at radius 3 is 2.50 bits per heavy atom. The highest BCUT2D eigenvalue weighted by atomic mass is 35.5. The van der Waals surface area contributed by atoms with Gasteiger partial charge in [0.25, 0.3) is 15.9 Å². The number of nitrogens with one attached hydrogen (secondary N) is 1. The number of nitrogens with zero attached hydrogens (tertiary/aromatic N) is 1. The van der Waals surface area contributed by atoms with Crippen molar-refractivity contribution in [3.63, 3.8) is 0 Å². The summed E-state index contributed by atoms with van der Waals surface area (Å²) in [5, 5.41) is 3.37. The largest absolute Gasteiger partial charge is 0.476 e. The molecule has 1 aliphatic rings. The molecule has 154 valence electrons. The van der Waals surface area contributed by atoms with E-state index in [-0.39, 0.29) is 11.4 Å². The van der Waals surface area contributed by atoms with Crippen LogP contribution in [0.3, 0.4) is 0 Å². The van der Waals surface area contributed by atoms with Crippen LogP contribution < -0.4 is 14.4 Å². The Hall–Kier alpha value is -3.03. The molecular weight excluding hydrogens is 424 g/mol. The number of para-hydroxylation sites is 2. The molecule has 1 amide bonds. The fraction of sp³-hybridized carbons (Fsp3) is 0.136. The number of rotatable bonds is 4. The van der Waals surface area contributed by atoms with Crippen molar-refractivity contribution in [1.82, 2.24) is 0 Å². The number of sulfonamides is 1. The number of benzene rings is 3. The molecule has 4 rings (SSSR count). The minimum atomic E-state index is -3.87. The van der Waals surface area contributed by atoms with Crippen LogP contribution >= 0.6 is 11.6 Å². The van der Waals surface area contributed by atoms with Crippen LogP contribution in [0.2, 0.25) is 5.02 Å². The first-order valence-electron chi connectivity index (χ1n) is 9.27. The Morgan fingerprint density at radius 2 is 1.77 bits per heavy atom. The number of carbonyl (C=O) groups is 1. The second-order valence-corrected chi connectivity index (χ2v) is 9.17. The van der Waals surface area contributed by atoms with Crippen LogP contribution in [-0.2, 0) is 14.8 Å². The highest BCUT2D eigenvalue weighted by molar-refractivity contribution is 7.92. The van der Waals surface area contributed by atoms with Crippen LogP contribution in [0, 0.1) is 6.92 Å². The first-order chi connectivity index (χ1) is 14.4. The highest BCUT2D eigenvalue weighted by Gasteiger charge is 2.37. The van der Waals surface area contributed by atoms with Crippen molar-refractivity contribution in [2.24, 2.45) is 0 Å². The zero-order valence-corrected chi connectivity index (χ0v) is 17.7. The van der Waals surface area contributed by atoms with Crippen molar-refractivity contribution in [2.45, 2.75) is 17.9 Å². The van der Waals surface area contributed by atoms with Crippen molar-refractivity contribution >= 4 is 38.9 Å². The Morgan fingerprint density at radius 1 is 1.07 bits per heavy atom. The lowest BCUT2D eigenvalue weighted by atomic mass is 10.1. The molecule has 0 aromatic heterocycles. The van der Waals surface area contributed by atoms with E-state index in [1.54, 1.807) is 60.7 Å². The Kier molecular flexibility index (Phi) is 5.40. The Balaban J connectivity index is 1.67. The van der Waals surface area contributed by atoms with E-state index < -0.39 is 22.0 Å². The molecule has 0 fully saturated rings. The lowest BCUT2D eigenvalue weighted by Crippen LogP contribution is -2.48. The third-order valence-electron chi connectivity index (χ3n) is 4.80. The van der Waals surface area contributed by atoms with Gasteiger partial charge < -0.3 is 10.1 Å². The number of anilines is 2. The van der Waals surface area contributed by atoms with Gasteiger partial charge in [0.2, 0.25) is 0 Å². The summed E-state index contributed by atoms with van der Waals surface area (Å²) >= 11 is 5.98. The van der Waals surface area contributed by atoms with Crippen molar-refractivity contribution < 1.29 is 17.9 Å². The molecule has 1 heterocycles. The van der Waals surface area contributed by atoms with E-state index in [0.29, 0.717) is 22.1 Å². The van der Waals surface area contributed by atoms with Gasteiger partial charge in [-0.2, -0.15) is 0 Å². The number of hydrogen-bond acceptors (Lipinski definition) is 4. The number of hydrogen-bond donors (Lipinski definition) is 1. The maximum Gasteiger partial charge on any atom is 0.267 e. The normalized spacial score (nSPS) is 15.8. The predicted molar refractivity (Wildman–Crippen MR) is 117 cm³/mol. The first-order valence-corrected chi connectivity index (χ1v) is 11.1. The van der Waals surface area contributed by atoms with Gasteiger partial charge >= 0.3 is 0 Å². The van der Waals surface area contributed by atoms with Gasteiger partial charge in [-0.1, -0.05) is 41.9 Å². The molecule has 0 unspecified atom stereocenters. The molecule has 30 heavy (non-hydrogen) atoms. The van der Waals surface area contributed by atoms with Gasteiger partial charge in [-0.15, -0.1) is 0 Å². The molecular formula is C22H19ClN2O4S. The minimum absolute atomic E-state index is 0.146. The number of amides is 1. The van der Waals surface area contributed by atoms with Crippen LogP contribution in [0.15, 0.2) is 77.7 Å². The summed E-state index contributed by atoms with van der Waals surface area (Å²) in [4.78, 5) is 13.1. The van der Waals surface area contributed by atoms with E-state index in [9.17, 15) is 13.2 Å². The smallest absolute Gasteiger partial charge is 0.267 e. The SMILES string of the molecule is Cc1cc(Cl)ccc1NC(=O)[C@@H]1CN(S(=O)(=O)c2ccccc2)c2ccccc2O1. The topological polar surface area (TPSA) is 75.7 Å². The fourth-order valence-electron chi connectivity index (χ4n) is 3.27. The van der Waals surface area contributed by atoms with Crippen LogP contribution in [0.25, 0.3) is 0 Å². The van der Waals surface area contributed by atoms with Gasteiger partial charge in [0, 0.05) is 10.7 Å². The third-order valence-corrected chi connectivity index (χ3v) is 6.83. The molecule has 0 saturated carbocycles. The molecule has 0 bridgehead atoms. The summed E-state index contributed by atoms with van der Waals surface area (Å²) in [5.74, 6) is -0.112. The Bertz CT molecular complexity index is 1200. The second-order valence-electron chi connectivity index (χ2n) is 6.87. The Labute approximate surface area is 180 Å². The summed E-state index contributed by atoms with van der Waals surface area (Å²) in [6.45, 7) is 1.68. The summed E-state index contributed by atoms with van der Waals surface area (Å²) in [6.07, 6.45) is -1.02. The summed E-state index contributed by atoms with van der Waals surface area (Å²) in [7, 11) is -3.87. The molecule has 6 nitrogen and oxygen atoms in total. The molecule has 1 aliphatic heterocycles. The number of ether oxygens (including phenoxy) is 1. The van der Waals surface area contributed by atoms with E-state index >= 15 is 0 Å². The molecule has 1 N–H and O–H groups in total. The van der Waals surface area contributed by atoms with Crippen molar-refractivity contribution in [1.29, 1.82) is 0 Å². The van der Waals surface area contributed by atoms with Crippen LogP contribution in [0.5, 0.6) is 5.75 Å². The van der Waals surface area contributed by atoms with Crippen molar-refractivity contribution in [3.05, 3.63) is 83.4 Å². The monoisotopic (exact) mass is 442 g/mol. The molecule has 0 radical (unpaired) electrons. The second kappa shape index (κ2) is 8.01.